The first-order chi connectivity index (χ1) is 20.6. The van der Waals surface area contributed by atoms with E-state index in [-0.39, 0.29) is 5.91 Å². The molecular formula is C33H43N7O2. The molecule has 1 N–H and O–H groups in total. The summed E-state index contributed by atoms with van der Waals surface area (Å²) in [7, 11) is 2.13. The van der Waals surface area contributed by atoms with Gasteiger partial charge in [0.25, 0.3) is 0 Å². The van der Waals surface area contributed by atoms with E-state index in [1.165, 1.54) is 22.4 Å². The van der Waals surface area contributed by atoms with Gasteiger partial charge in [-0.2, -0.15) is 0 Å². The molecule has 1 aromatic heterocycles. The van der Waals surface area contributed by atoms with Crippen molar-refractivity contribution < 1.29 is 9.53 Å². The number of morpholine rings is 1. The Kier molecular flexibility index (Phi) is 9.40. The summed E-state index contributed by atoms with van der Waals surface area (Å²) in [4.78, 5) is 31.8. The van der Waals surface area contributed by atoms with Crippen molar-refractivity contribution in [2.75, 3.05) is 84.1 Å². The van der Waals surface area contributed by atoms with Crippen molar-refractivity contribution in [2.24, 2.45) is 0 Å². The fourth-order valence-corrected chi connectivity index (χ4v) is 6.14. The minimum Gasteiger partial charge on any atom is -0.378 e. The lowest BCUT2D eigenvalue weighted by Gasteiger charge is -2.35. The number of hydrogen-bond donors (Lipinski definition) is 1. The maximum Gasteiger partial charge on any atom is 0.234 e. The molecule has 7 heterocycles. The Morgan fingerprint density at radius 2 is 1.52 bits per heavy atom. The third-order valence-corrected chi connectivity index (χ3v) is 8.46. The van der Waals surface area contributed by atoms with Crippen molar-refractivity contribution in [1.82, 2.24) is 30.0 Å². The van der Waals surface area contributed by atoms with Gasteiger partial charge in [0.05, 0.1) is 25.5 Å². The minimum atomic E-state index is 0.129. The molecule has 222 valence electrons. The highest BCUT2D eigenvalue weighted by atomic mass is 16.5. The van der Waals surface area contributed by atoms with Crippen molar-refractivity contribution in [2.45, 2.75) is 25.9 Å². The van der Waals surface area contributed by atoms with Crippen molar-refractivity contribution in [3.63, 3.8) is 0 Å². The average Bonchev–Trinajstić information content (AvgIpc) is 3.01. The lowest BCUT2D eigenvalue weighted by atomic mass is 10.0. The first kappa shape index (κ1) is 28.7. The van der Waals surface area contributed by atoms with Gasteiger partial charge < -0.3 is 19.9 Å². The van der Waals surface area contributed by atoms with Crippen LogP contribution in [0.3, 0.4) is 0 Å². The number of carbonyl (C=O) groups is 1. The molecule has 6 aliphatic heterocycles. The minimum absolute atomic E-state index is 0.129. The highest BCUT2D eigenvalue weighted by molar-refractivity contribution is 5.78. The Bertz CT molecular complexity index is 1330. The van der Waals surface area contributed by atoms with Crippen LogP contribution >= 0.6 is 0 Å². The summed E-state index contributed by atoms with van der Waals surface area (Å²) in [6, 6.07) is 17.6. The van der Waals surface area contributed by atoms with Gasteiger partial charge in [-0.1, -0.05) is 30.3 Å². The Morgan fingerprint density at radius 3 is 2.31 bits per heavy atom. The van der Waals surface area contributed by atoms with E-state index in [1.807, 2.05) is 12.3 Å². The second kappa shape index (κ2) is 13.7. The monoisotopic (exact) mass is 569 g/mol. The predicted molar refractivity (Wildman–Crippen MR) is 165 cm³/mol. The molecule has 9 nitrogen and oxygen atoms in total. The first-order valence-electron chi connectivity index (χ1n) is 15.3. The second-order valence-corrected chi connectivity index (χ2v) is 11.8. The van der Waals surface area contributed by atoms with Crippen LogP contribution in [0.1, 0.15) is 28.9 Å². The SMILES string of the molecule is CN1CCCNC(=O)CN2CCN(CC2)Cc2cc(cc(N3CCOCC3)c2)Cc2nccc(n2)-c2ccc(cc2)C1. The van der Waals surface area contributed by atoms with E-state index in [9.17, 15) is 4.79 Å². The number of hydrogen-bond acceptors (Lipinski definition) is 8. The number of ether oxygens (including phenoxy) is 1. The van der Waals surface area contributed by atoms with E-state index < -0.39 is 0 Å². The fourth-order valence-electron chi connectivity index (χ4n) is 6.14. The smallest absolute Gasteiger partial charge is 0.234 e. The van der Waals surface area contributed by atoms with Crippen LogP contribution < -0.4 is 10.2 Å². The highest BCUT2D eigenvalue weighted by Crippen LogP contribution is 2.24. The number of rotatable bonds is 1. The van der Waals surface area contributed by atoms with E-state index in [2.05, 4.69) is 79.4 Å². The lowest BCUT2D eigenvalue weighted by molar-refractivity contribution is -0.122. The van der Waals surface area contributed by atoms with Crippen molar-refractivity contribution in [3.05, 3.63) is 77.2 Å². The predicted octanol–water partition coefficient (Wildman–Crippen LogP) is 2.64. The Balaban J connectivity index is 1.27. The molecule has 1 amide bonds. The second-order valence-electron chi connectivity index (χ2n) is 11.8. The molecule has 0 saturated carbocycles. The topological polar surface area (TPSA) is 77.1 Å². The summed E-state index contributed by atoms with van der Waals surface area (Å²) >= 11 is 0. The number of amides is 1. The molecule has 2 saturated heterocycles. The lowest BCUT2D eigenvalue weighted by Crippen LogP contribution is -2.49. The molecule has 9 rings (SSSR count). The Hall–Kier alpha value is -3.37. The van der Waals surface area contributed by atoms with Gasteiger partial charge in [0.1, 0.15) is 5.82 Å². The number of aromatic nitrogens is 2. The summed E-state index contributed by atoms with van der Waals surface area (Å²) in [6.07, 6.45) is 3.50. The number of anilines is 1. The summed E-state index contributed by atoms with van der Waals surface area (Å²) in [5, 5.41) is 3.13. The quantitative estimate of drug-likeness (QED) is 0.480. The van der Waals surface area contributed by atoms with Gasteiger partial charge in [-0.05, 0) is 54.9 Å². The number of nitrogens with zero attached hydrogens (tertiary/aromatic N) is 6. The summed E-state index contributed by atoms with van der Waals surface area (Å²) < 4.78 is 5.63. The molecular weight excluding hydrogens is 526 g/mol. The number of piperazine rings is 1. The molecule has 0 aliphatic carbocycles. The molecule has 0 spiro atoms. The Labute approximate surface area is 249 Å². The zero-order valence-electron chi connectivity index (χ0n) is 24.8. The van der Waals surface area contributed by atoms with Crippen LogP contribution in [0.4, 0.5) is 5.69 Å². The van der Waals surface area contributed by atoms with Crippen molar-refractivity contribution in [3.8, 4) is 11.3 Å². The molecule has 0 unspecified atom stereocenters. The number of carbonyl (C=O) groups excluding carboxylic acids is 1. The van der Waals surface area contributed by atoms with Crippen LogP contribution in [0.15, 0.2) is 54.7 Å². The van der Waals surface area contributed by atoms with E-state index in [4.69, 9.17) is 9.72 Å². The van der Waals surface area contributed by atoms with Crippen LogP contribution in [0.2, 0.25) is 0 Å². The molecule has 9 heteroatoms. The maximum absolute atomic E-state index is 12.6. The third kappa shape index (κ3) is 7.72. The van der Waals surface area contributed by atoms with Crippen LogP contribution in [0, 0.1) is 0 Å². The maximum atomic E-state index is 12.6. The Morgan fingerprint density at radius 1 is 0.786 bits per heavy atom. The highest BCUT2D eigenvalue weighted by Gasteiger charge is 2.20. The van der Waals surface area contributed by atoms with Gasteiger partial charge in [0.2, 0.25) is 5.91 Å². The van der Waals surface area contributed by atoms with Gasteiger partial charge in [-0.25, -0.2) is 9.97 Å². The number of benzene rings is 2. The molecule has 42 heavy (non-hydrogen) atoms. The molecule has 3 aromatic rings. The largest absolute Gasteiger partial charge is 0.378 e. The fraction of sp³-hybridized carbons (Fsp3) is 0.485. The van der Waals surface area contributed by atoms with Crippen molar-refractivity contribution >= 4 is 11.6 Å². The standard InChI is InChI=1S/C33H43N7O2/c1-37-10-2-8-35-33(41)25-39-13-11-38(12-14-39)24-28-19-27(20-30(21-28)40-15-17-42-18-16-40)22-32-34-9-7-31(36-32)29-5-3-26(23-37)4-6-29/h3-7,9,19-21H,2,8,10-18,22-25H2,1H3,(H,35,41). The zero-order valence-corrected chi connectivity index (χ0v) is 24.8. The third-order valence-electron chi connectivity index (χ3n) is 8.46. The van der Waals surface area contributed by atoms with Gasteiger partial charge in [0.15, 0.2) is 0 Å². The van der Waals surface area contributed by atoms with Crippen LogP contribution in [0.5, 0.6) is 0 Å². The van der Waals surface area contributed by atoms with E-state index in [0.29, 0.717) is 19.5 Å². The van der Waals surface area contributed by atoms with Gasteiger partial charge in [0, 0.05) is 82.8 Å². The first-order valence-corrected chi connectivity index (χ1v) is 15.3. The van der Waals surface area contributed by atoms with Crippen LogP contribution in [-0.4, -0.2) is 110 Å². The molecule has 2 fully saturated rings. The van der Waals surface area contributed by atoms with Crippen LogP contribution in [-0.2, 0) is 29.0 Å². The molecule has 8 bridgehead atoms. The van der Waals surface area contributed by atoms with Gasteiger partial charge in [-0.15, -0.1) is 0 Å². The van der Waals surface area contributed by atoms with Gasteiger partial charge >= 0.3 is 0 Å². The number of nitrogens with one attached hydrogen (secondary N) is 1. The summed E-state index contributed by atoms with van der Waals surface area (Å²) in [6.45, 7) is 10.9. The van der Waals surface area contributed by atoms with E-state index in [0.717, 1.165) is 95.6 Å². The zero-order chi connectivity index (χ0) is 28.7. The normalized spacial score (nSPS) is 22.9. The molecule has 6 aliphatic rings. The van der Waals surface area contributed by atoms with E-state index in [1.54, 1.807) is 0 Å². The summed E-state index contributed by atoms with van der Waals surface area (Å²) in [5.41, 5.74) is 7.11. The molecule has 0 radical (unpaired) electrons. The van der Waals surface area contributed by atoms with E-state index >= 15 is 0 Å². The van der Waals surface area contributed by atoms with Gasteiger partial charge in [-0.3, -0.25) is 14.6 Å². The molecule has 2 aromatic carbocycles. The van der Waals surface area contributed by atoms with Crippen molar-refractivity contribution in [1.29, 1.82) is 0 Å². The summed E-state index contributed by atoms with van der Waals surface area (Å²) in [5.74, 6) is 0.965. The molecule has 0 atom stereocenters. The van der Waals surface area contributed by atoms with Crippen LogP contribution in [0.25, 0.3) is 11.3 Å². The average molecular weight is 570 g/mol.